The van der Waals surface area contributed by atoms with Crippen molar-refractivity contribution in [2.75, 3.05) is 20.6 Å². The highest BCUT2D eigenvalue weighted by molar-refractivity contribution is 7.80. The van der Waals surface area contributed by atoms with Gasteiger partial charge in [0.05, 0.1) is 11.0 Å². The smallest absolute Gasteiger partial charge is 0.236 e. The van der Waals surface area contributed by atoms with Gasteiger partial charge < -0.3 is 11.1 Å². The van der Waals surface area contributed by atoms with Gasteiger partial charge in [0.15, 0.2) is 0 Å². The van der Waals surface area contributed by atoms with Crippen molar-refractivity contribution in [3.05, 3.63) is 0 Å². The Hall–Kier alpha value is -0.680. The van der Waals surface area contributed by atoms with Gasteiger partial charge in [0, 0.05) is 20.0 Å². The van der Waals surface area contributed by atoms with E-state index in [1.807, 2.05) is 18.9 Å². The zero-order valence-electron chi connectivity index (χ0n) is 8.33. The van der Waals surface area contributed by atoms with Crippen LogP contribution < -0.4 is 11.1 Å². The molecule has 0 spiro atoms. The Morgan fingerprint density at radius 3 is 2.62 bits per heavy atom. The molecule has 0 saturated heterocycles. The van der Waals surface area contributed by atoms with Gasteiger partial charge in [-0.15, -0.1) is 0 Å². The number of likely N-dealkylation sites (N-methyl/N-ethyl adjacent to an activating group) is 2. The molecule has 13 heavy (non-hydrogen) atoms. The number of hydrogen-bond acceptors (Lipinski definition) is 3. The average molecular weight is 203 g/mol. The highest BCUT2D eigenvalue weighted by Crippen LogP contribution is 1.96. The molecule has 0 rings (SSSR count). The summed E-state index contributed by atoms with van der Waals surface area (Å²) in [6.45, 7) is 2.56. The Bertz CT molecular complexity index is 196. The van der Waals surface area contributed by atoms with Crippen LogP contribution in [0, 0.1) is 0 Å². The third-order valence-electron chi connectivity index (χ3n) is 2.00. The molecule has 76 valence electrons. The van der Waals surface area contributed by atoms with Crippen molar-refractivity contribution < 1.29 is 4.79 Å². The van der Waals surface area contributed by atoms with Crippen LogP contribution in [-0.2, 0) is 4.79 Å². The topological polar surface area (TPSA) is 58.4 Å². The number of hydrogen-bond donors (Lipinski definition) is 2. The molecule has 0 saturated carbocycles. The Kier molecular flexibility index (Phi) is 5.57. The highest BCUT2D eigenvalue weighted by Gasteiger charge is 2.15. The molecule has 0 radical (unpaired) electrons. The first-order chi connectivity index (χ1) is 5.99. The van der Waals surface area contributed by atoms with Gasteiger partial charge in [-0.3, -0.25) is 9.69 Å². The molecule has 0 aromatic heterocycles. The molecule has 0 bridgehead atoms. The maximum atomic E-state index is 11.2. The molecule has 0 aliphatic carbocycles. The Balaban J connectivity index is 3.88. The normalized spacial score (nSPS) is 12.6. The van der Waals surface area contributed by atoms with E-state index in [1.165, 1.54) is 0 Å². The molecule has 0 aliphatic heterocycles. The fraction of sp³-hybridized carbons (Fsp3) is 0.750. The van der Waals surface area contributed by atoms with E-state index in [4.69, 9.17) is 18.0 Å². The molecule has 0 aromatic rings. The van der Waals surface area contributed by atoms with E-state index >= 15 is 0 Å². The maximum absolute atomic E-state index is 11.2. The number of nitrogens with one attached hydrogen (secondary N) is 1. The molecule has 5 heteroatoms. The molecule has 0 heterocycles. The van der Waals surface area contributed by atoms with Crippen LogP contribution in [0.25, 0.3) is 0 Å². The number of nitrogens with zero attached hydrogens (tertiary/aromatic N) is 1. The van der Waals surface area contributed by atoms with Gasteiger partial charge in [-0.1, -0.05) is 12.2 Å². The summed E-state index contributed by atoms with van der Waals surface area (Å²) in [7, 11) is 3.50. The maximum Gasteiger partial charge on any atom is 0.236 e. The standard InChI is InChI=1S/C8H17N3OS/c1-6(8(12)10-2)11(3)5-4-7(9)13/h6H,4-5H2,1-3H3,(H2,9,13)(H,10,12). The number of rotatable bonds is 5. The molecule has 1 atom stereocenters. The largest absolute Gasteiger partial charge is 0.393 e. The lowest BCUT2D eigenvalue weighted by molar-refractivity contribution is -0.124. The predicted molar refractivity (Wildman–Crippen MR) is 57.6 cm³/mol. The molecule has 0 aliphatic rings. The summed E-state index contributed by atoms with van der Waals surface area (Å²) in [4.78, 5) is 13.6. The van der Waals surface area contributed by atoms with Crippen molar-refractivity contribution >= 4 is 23.1 Å². The quantitative estimate of drug-likeness (QED) is 0.604. The van der Waals surface area contributed by atoms with Crippen LogP contribution in [0.3, 0.4) is 0 Å². The number of carbonyl (C=O) groups excluding carboxylic acids is 1. The average Bonchev–Trinajstić information content (AvgIpc) is 2.11. The zero-order valence-corrected chi connectivity index (χ0v) is 9.15. The lowest BCUT2D eigenvalue weighted by atomic mass is 10.2. The Labute approximate surface area is 84.5 Å². The molecule has 3 N–H and O–H groups in total. The fourth-order valence-electron chi connectivity index (χ4n) is 0.889. The summed E-state index contributed by atoms with van der Waals surface area (Å²) in [5.74, 6) is 0.00504. The molecule has 0 fully saturated rings. The summed E-state index contributed by atoms with van der Waals surface area (Å²) < 4.78 is 0. The van der Waals surface area contributed by atoms with E-state index in [0.29, 0.717) is 18.0 Å². The van der Waals surface area contributed by atoms with Crippen molar-refractivity contribution in [3.63, 3.8) is 0 Å². The minimum Gasteiger partial charge on any atom is -0.393 e. The third kappa shape index (κ3) is 4.80. The zero-order chi connectivity index (χ0) is 10.4. The van der Waals surface area contributed by atoms with Crippen LogP contribution in [0.1, 0.15) is 13.3 Å². The third-order valence-corrected chi connectivity index (χ3v) is 2.20. The van der Waals surface area contributed by atoms with E-state index in [0.717, 1.165) is 0 Å². The van der Waals surface area contributed by atoms with Crippen molar-refractivity contribution in [3.8, 4) is 0 Å². The number of nitrogens with two attached hydrogens (primary N) is 1. The van der Waals surface area contributed by atoms with Gasteiger partial charge in [-0.2, -0.15) is 0 Å². The fourth-order valence-corrected chi connectivity index (χ4v) is 0.981. The molecular formula is C8H17N3OS. The first-order valence-electron chi connectivity index (χ1n) is 4.19. The van der Waals surface area contributed by atoms with Crippen molar-refractivity contribution in [1.82, 2.24) is 10.2 Å². The summed E-state index contributed by atoms with van der Waals surface area (Å²) >= 11 is 4.75. The van der Waals surface area contributed by atoms with Crippen LogP contribution >= 0.6 is 12.2 Å². The van der Waals surface area contributed by atoms with E-state index in [2.05, 4.69) is 5.32 Å². The van der Waals surface area contributed by atoms with Gasteiger partial charge in [-0.25, -0.2) is 0 Å². The van der Waals surface area contributed by atoms with Crippen LogP contribution in [0.4, 0.5) is 0 Å². The van der Waals surface area contributed by atoms with Crippen LogP contribution in [0.15, 0.2) is 0 Å². The predicted octanol–water partition coefficient (Wildman–Crippen LogP) is -0.271. The van der Waals surface area contributed by atoms with Crippen LogP contribution in [0.5, 0.6) is 0 Å². The molecular weight excluding hydrogens is 186 g/mol. The molecule has 1 amide bonds. The SMILES string of the molecule is CNC(=O)C(C)N(C)CCC(N)=S. The number of carbonyl (C=O) groups is 1. The first-order valence-corrected chi connectivity index (χ1v) is 4.60. The summed E-state index contributed by atoms with van der Waals surface area (Å²) in [5, 5.41) is 2.59. The molecule has 4 nitrogen and oxygen atoms in total. The summed E-state index contributed by atoms with van der Waals surface area (Å²) in [6, 6.07) is -0.139. The molecule has 1 unspecified atom stereocenters. The van der Waals surface area contributed by atoms with Crippen molar-refractivity contribution in [2.45, 2.75) is 19.4 Å². The van der Waals surface area contributed by atoms with E-state index in [-0.39, 0.29) is 11.9 Å². The lowest BCUT2D eigenvalue weighted by Crippen LogP contribution is -2.42. The molecule has 0 aromatic carbocycles. The van der Waals surface area contributed by atoms with Crippen molar-refractivity contribution in [2.24, 2.45) is 5.73 Å². The summed E-state index contributed by atoms with van der Waals surface area (Å²) in [6.07, 6.45) is 0.646. The lowest BCUT2D eigenvalue weighted by Gasteiger charge is -2.22. The second kappa shape index (κ2) is 5.88. The minimum atomic E-state index is -0.139. The monoisotopic (exact) mass is 203 g/mol. The van der Waals surface area contributed by atoms with E-state index in [9.17, 15) is 4.79 Å². The number of thiocarbonyl (C=S) groups is 1. The van der Waals surface area contributed by atoms with E-state index < -0.39 is 0 Å². The van der Waals surface area contributed by atoms with Crippen LogP contribution in [-0.4, -0.2) is 42.5 Å². The minimum absolute atomic E-state index is 0.00504. The van der Waals surface area contributed by atoms with Gasteiger partial charge in [0.1, 0.15) is 0 Å². The Morgan fingerprint density at radius 1 is 1.69 bits per heavy atom. The van der Waals surface area contributed by atoms with Gasteiger partial charge in [-0.05, 0) is 14.0 Å². The number of amides is 1. The first kappa shape index (κ1) is 12.3. The van der Waals surface area contributed by atoms with E-state index in [1.54, 1.807) is 7.05 Å². The van der Waals surface area contributed by atoms with Gasteiger partial charge in [0.25, 0.3) is 0 Å². The second-order valence-corrected chi connectivity index (χ2v) is 3.51. The summed E-state index contributed by atoms with van der Waals surface area (Å²) in [5.41, 5.74) is 5.35. The second-order valence-electron chi connectivity index (χ2n) is 2.99. The van der Waals surface area contributed by atoms with Gasteiger partial charge in [0.2, 0.25) is 5.91 Å². The van der Waals surface area contributed by atoms with Crippen LogP contribution in [0.2, 0.25) is 0 Å². The van der Waals surface area contributed by atoms with Gasteiger partial charge >= 0.3 is 0 Å². The van der Waals surface area contributed by atoms with Crippen molar-refractivity contribution in [1.29, 1.82) is 0 Å². The highest BCUT2D eigenvalue weighted by atomic mass is 32.1. The Morgan fingerprint density at radius 2 is 2.23 bits per heavy atom.